The molecule has 0 fully saturated rings. The van der Waals surface area contributed by atoms with Crippen LogP contribution in [0.4, 0.5) is 10.1 Å². The predicted octanol–water partition coefficient (Wildman–Crippen LogP) is 4.46. The zero-order chi connectivity index (χ0) is 19.6. The molecule has 1 atom stereocenters. The Balaban J connectivity index is 1.79. The fraction of sp³-hybridized carbons (Fsp3) is 0.238. The van der Waals surface area contributed by atoms with E-state index in [4.69, 9.17) is 9.15 Å². The highest BCUT2D eigenvalue weighted by Gasteiger charge is 2.16. The Morgan fingerprint density at radius 2 is 1.89 bits per heavy atom. The van der Waals surface area contributed by atoms with E-state index in [2.05, 4.69) is 5.32 Å². The van der Waals surface area contributed by atoms with Gasteiger partial charge in [0.25, 0.3) is 5.91 Å². The molecule has 0 aliphatic carbocycles. The molecular weight excluding hydrogens is 349 g/mol. The second-order valence-corrected chi connectivity index (χ2v) is 6.59. The normalized spacial score (nSPS) is 12.2. The van der Waals surface area contributed by atoms with Gasteiger partial charge in [0.1, 0.15) is 17.1 Å². The number of carbonyl (C=O) groups is 1. The van der Waals surface area contributed by atoms with Gasteiger partial charge in [0.05, 0.1) is 0 Å². The summed E-state index contributed by atoms with van der Waals surface area (Å²) in [5, 5.41) is 3.42. The molecule has 1 heterocycles. The lowest BCUT2D eigenvalue weighted by atomic mass is 10.00. The monoisotopic (exact) mass is 369 g/mol. The van der Waals surface area contributed by atoms with Gasteiger partial charge in [-0.05, 0) is 48.7 Å². The van der Waals surface area contributed by atoms with Gasteiger partial charge in [-0.25, -0.2) is 9.18 Å². The van der Waals surface area contributed by atoms with Crippen LogP contribution in [0, 0.1) is 5.82 Å². The van der Waals surface area contributed by atoms with Crippen molar-refractivity contribution in [3.63, 3.8) is 0 Å². The smallest absolute Gasteiger partial charge is 0.336 e. The van der Waals surface area contributed by atoms with Crippen molar-refractivity contribution in [2.24, 2.45) is 0 Å². The molecule has 6 heteroatoms. The summed E-state index contributed by atoms with van der Waals surface area (Å²) in [5.41, 5.74) is 1.22. The maximum Gasteiger partial charge on any atom is 0.336 e. The second-order valence-electron chi connectivity index (χ2n) is 6.59. The number of carbonyl (C=O) groups excluding carboxylic acids is 1. The lowest BCUT2D eigenvalue weighted by Gasteiger charge is -2.15. The van der Waals surface area contributed by atoms with E-state index in [0.29, 0.717) is 17.0 Å². The van der Waals surface area contributed by atoms with Gasteiger partial charge in [-0.2, -0.15) is 0 Å². The van der Waals surface area contributed by atoms with Crippen LogP contribution in [-0.4, -0.2) is 12.0 Å². The van der Waals surface area contributed by atoms with Crippen LogP contribution < -0.4 is 15.7 Å². The maximum absolute atomic E-state index is 13.2. The molecule has 0 aliphatic heterocycles. The van der Waals surface area contributed by atoms with Gasteiger partial charge < -0.3 is 14.5 Å². The summed E-state index contributed by atoms with van der Waals surface area (Å²) in [6.45, 7) is 5.58. The molecule has 1 aromatic heterocycles. The Hall–Kier alpha value is -3.15. The van der Waals surface area contributed by atoms with E-state index in [1.165, 1.54) is 24.3 Å². The molecule has 0 spiro atoms. The van der Waals surface area contributed by atoms with Crippen LogP contribution >= 0.6 is 0 Å². The zero-order valence-corrected chi connectivity index (χ0v) is 15.3. The Bertz CT molecular complexity index is 1040. The summed E-state index contributed by atoms with van der Waals surface area (Å²) >= 11 is 0. The van der Waals surface area contributed by atoms with Crippen LogP contribution in [0.25, 0.3) is 11.0 Å². The van der Waals surface area contributed by atoms with E-state index in [1.54, 1.807) is 31.2 Å². The SMILES string of the molecule is CC(C)c1cc(=O)oc2cc(O[C@@H](C)C(=O)Nc3cccc(F)c3)ccc12. The highest BCUT2D eigenvalue weighted by molar-refractivity contribution is 5.94. The highest BCUT2D eigenvalue weighted by atomic mass is 19.1. The number of fused-ring (bicyclic) bond motifs is 1. The summed E-state index contributed by atoms with van der Waals surface area (Å²) in [6.07, 6.45) is -0.828. The molecule has 5 nitrogen and oxygen atoms in total. The van der Waals surface area contributed by atoms with Crippen LogP contribution in [0.2, 0.25) is 0 Å². The quantitative estimate of drug-likeness (QED) is 0.674. The number of rotatable bonds is 5. The lowest BCUT2D eigenvalue weighted by Crippen LogP contribution is -2.30. The first-order chi connectivity index (χ1) is 12.8. The molecule has 1 N–H and O–H groups in total. The van der Waals surface area contributed by atoms with E-state index in [-0.39, 0.29) is 5.92 Å². The van der Waals surface area contributed by atoms with Gasteiger partial charge in [-0.15, -0.1) is 0 Å². The van der Waals surface area contributed by atoms with E-state index in [0.717, 1.165) is 10.9 Å². The number of ether oxygens (including phenoxy) is 1. The topological polar surface area (TPSA) is 68.5 Å². The van der Waals surface area contributed by atoms with Crippen LogP contribution in [0.1, 0.15) is 32.3 Å². The molecular formula is C21H20FNO4. The summed E-state index contributed by atoms with van der Waals surface area (Å²) < 4.78 is 24.1. The molecule has 0 saturated heterocycles. The van der Waals surface area contributed by atoms with Gasteiger partial charge >= 0.3 is 5.63 Å². The molecule has 0 radical (unpaired) electrons. The minimum Gasteiger partial charge on any atom is -0.481 e. The van der Waals surface area contributed by atoms with Gasteiger partial charge in [0.15, 0.2) is 6.10 Å². The van der Waals surface area contributed by atoms with Crippen LogP contribution in [-0.2, 0) is 4.79 Å². The highest BCUT2D eigenvalue weighted by Crippen LogP contribution is 2.27. The lowest BCUT2D eigenvalue weighted by molar-refractivity contribution is -0.122. The Kier molecular flexibility index (Phi) is 5.26. The van der Waals surface area contributed by atoms with E-state index < -0.39 is 23.5 Å². The fourth-order valence-electron chi connectivity index (χ4n) is 2.79. The second kappa shape index (κ2) is 7.61. The van der Waals surface area contributed by atoms with Crippen molar-refractivity contribution < 1.29 is 18.3 Å². The fourth-order valence-corrected chi connectivity index (χ4v) is 2.79. The number of halogens is 1. The van der Waals surface area contributed by atoms with Crippen LogP contribution in [0.3, 0.4) is 0 Å². The predicted molar refractivity (Wildman–Crippen MR) is 102 cm³/mol. The summed E-state index contributed by atoms with van der Waals surface area (Å²) in [5.74, 6) is -0.294. The largest absolute Gasteiger partial charge is 0.481 e. The van der Waals surface area contributed by atoms with Crippen molar-refractivity contribution in [2.45, 2.75) is 32.8 Å². The van der Waals surface area contributed by atoms with Crippen LogP contribution in [0.15, 0.2) is 57.7 Å². The van der Waals surface area contributed by atoms with Crippen molar-refractivity contribution in [3.05, 3.63) is 70.3 Å². The van der Waals surface area contributed by atoms with E-state index in [1.807, 2.05) is 13.8 Å². The third kappa shape index (κ3) is 4.34. The summed E-state index contributed by atoms with van der Waals surface area (Å²) in [4.78, 5) is 24.0. The van der Waals surface area contributed by atoms with Crippen molar-refractivity contribution in [2.75, 3.05) is 5.32 Å². The number of hydrogen-bond acceptors (Lipinski definition) is 4. The third-order valence-corrected chi connectivity index (χ3v) is 4.14. The first-order valence-corrected chi connectivity index (χ1v) is 8.64. The molecule has 1 amide bonds. The van der Waals surface area contributed by atoms with E-state index >= 15 is 0 Å². The number of amides is 1. The van der Waals surface area contributed by atoms with Gasteiger partial charge in [-0.1, -0.05) is 19.9 Å². The van der Waals surface area contributed by atoms with Crippen molar-refractivity contribution in [1.29, 1.82) is 0 Å². The molecule has 0 unspecified atom stereocenters. The van der Waals surface area contributed by atoms with Gasteiger partial charge in [0.2, 0.25) is 0 Å². The first kappa shape index (κ1) is 18.6. The first-order valence-electron chi connectivity index (χ1n) is 8.64. The molecule has 0 aliphatic rings. The molecule has 0 saturated carbocycles. The third-order valence-electron chi connectivity index (χ3n) is 4.14. The van der Waals surface area contributed by atoms with Gasteiger partial charge in [0, 0.05) is 23.2 Å². The molecule has 3 aromatic rings. The number of benzene rings is 2. The summed E-state index contributed by atoms with van der Waals surface area (Å²) in [6, 6.07) is 12.2. The van der Waals surface area contributed by atoms with E-state index in [9.17, 15) is 14.0 Å². The molecule has 27 heavy (non-hydrogen) atoms. The molecule has 3 rings (SSSR count). The average Bonchev–Trinajstić information content (AvgIpc) is 2.60. The Labute approximate surface area is 155 Å². The Morgan fingerprint density at radius 1 is 1.11 bits per heavy atom. The number of hydrogen-bond donors (Lipinski definition) is 1. The van der Waals surface area contributed by atoms with Crippen LogP contribution in [0.5, 0.6) is 5.75 Å². The molecule has 2 aromatic carbocycles. The number of anilines is 1. The molecule has 0 bridgehead atoms. The minimum atomic E-state index is -0.828. The van der Waals surface area contributed by atoms with Gasteiger partial charge in [-0.3, -0.25) is 4.79 Å². The standard InChI is InChI=1S/C21H20FNO4/c1-12(2)18-11-20(24)27-19-10-16(7-8-17(18)19)26-13(3)21(25)23-15-6-4-5-14(22)9-15/h4-13H,1-3H3,(H,23,25)/t13-/m0/s1. The average molecular weight is 369 g/mol. The van der Waals surface area contributed by atoms with Crippen molar-refractivity contribution in [1.82, 2.24) is 0 Å². The maximum atomic E-state index is 13.2. The number of nitrogens with one attached hydrogen (secondary N) is 1. The minimum absolute atomic E-state index is 0.166. The zero-order valence-electron chi connectivity index (χ0n) is 15.3. The molecule has 140 valence electrons. The summed E-state index contributed by atoms with van der Waals surface area (Å²) in [7, 11) is 0. The van der Waals surface area contributed by atoms with Crippen molar-refractivity contribution >= 4 is 22.6 Å². The van der Waals surface area contributed by atoms with Crippen molar-refractivity contribution in [3.8, 4) is 5.75 Å². The Morgan fingerprint density at radius 3 is 2.59 bits per heavy atom.